The molecule has 0 amide bonds. The lowest BCUT2D eigenvalue weighted by Gasteiger charge is -2.27. The molecule has 1 N–H and O–H groups in total. The van der Waals surface area contributed by atoms with Gasteiger partial charge in [-0.2, -0.15) is 13.2 Å². The summed E-state index contributed by atoms with van der Waals surface area (Å²) in [5.74, 6) is 0.495. The van der Waals surface area contributed by atoms with E-state index in [2.05, 4.69) is 0 Å². The first-order chi connectivity index (χ1) is 13.8. The number of methoxy groups -OCH3 is 1. The van der Waals surface area contributed by atoms with Gasteiger partial charge in [0, 0.05) is 31.5 Å². The zero-order valence-corrected chi connectivity index (χ0v) is 17.0. The van der Waals surface area contributed by atoms with E-state index in [1.807, 2.05) is 30.9 Å². The molecule has 2 aromatic rings. The molecule has 0 aromatic heterocycles. The van der Waals surface area contributed by atoms with Crippen LogP contribution in [0.25, 0.3) is 0 Å². The fourth-order valence-electron chi connectivity index (χ4n) is 3.18. The van der Waals surface area contributed by atoms with E-state index < -0.39 is 11.7 Å². The summed E-state index contributed by atoms with van der Waals surface area (Å²) in [5.41, 5.74) is 1.07. The maximum atomic E-state index is 13.3. The van der Waals surface area contributed by atoms with E-state index in [0.29, 0.717) is 24.3 Å². The van der Waals surface area contributed by atoms with Gasteiger partial charge in [0.15, 0.2) is 0 Å². The number of nitrogens with zero attached hydrogens (tertiary/aromatic N) is 1. The number of halogens is 3. The highest BCUT2D eigenvalue weighted by molar-refractivity contribution is 5.49. The molecular formula is C22H28F3NO3. The highest BCUT2D eigenvalue weighted by Crippen LogP contribution is 2.34. The lowest BCUT2D eigenvalue weighted by molar-refractivity contribution is -0.138. The summed E-state index contributed by atoms with van der Waals surface area (Å²) in [6.07, 6.45) is -4.21. The van der Waals surface area contributed by atoms with Crippen molar-refractivity contribution in [3.8, 4) is 5.75 Å². The third-order valence-corrected chi connectivity index (χ3v) is 4.89. The molecule has 0 aliphatic heterocycles. The Bertz CT molecular complexity index is 759. The van der Waals surface area contributed by atoms with E-state index >= 15 is 0 Å². The topological polar surface area (TPSA) is 41.9 Å². The molecule has 0 fully saturated rings. The van der Waals surface area contributed by atoms with Crippen LogP contribution in [0.3, 0.4) is 0 Å². The Hall–Kier alpha value is -2.25. The second kappa shape index (κ2) is 10.5. The average Bonchev–Trinajstić information content (AvgIpc) is 2.72. The molecule has 0 aliphatic carbocycles. The SMILES string of the molecule is CCc1cccc(C(F)(F)F)c1COc1ccc(N(CC)CC(CO)OC)cc1. The van der Waals surface area contributed by atoms with Crippen LogP contribution >= 0.6 is 0 Å². The van der Waals surface area contributed by atoms with Crippen LogP contribution in [0.1, 0.15) is 30.5 Å². The minimum absolute atomic E-state index is 0.0768. The van der Waals surface area contributed by atoms with Crippen molar-refractivity contribution in [1.29, 1.82) is 0 Å². The van der Waals surface area contributed by atoms with E-state index in [9.17, 15) is 18.3 Å². The quantitative estimate of drug-likeness (QED) is 0.616. The first-order valence-electron chi connectivity index (χ1n) is 9.63. The Morgan fingerprint density at radius 1 is 1.07 bits per heavy atom. The smallest absolute Gasteiger partial charge is 0.416 e. The lowest BCUT2D eigenvalue weighted by atomic mass is 9.99. The third-order valence-electron chi connectivity index (χ3n) is 4.89. The van der Waals surface area contributed by atoms with Crippen molar-refractivity contribution in [3.05, 3.63) is 59.2 Å². The Kier molecular flexibility index (Phi) is 8.34. The Morgan fingerprint density at radius 2 is 1.76 bits per heavy atom. The second-order valence-electron chi connectivity index (χ2n) is 6.66. The number of hydrogen-bond acceptors (Lipinski definition) is 4. The van der Waals surface area contributed by atoms with Gasteiger partial charge in [0.25, 0.3) is 0 Å². The number of alkyl halides is 3. The summed E-state index contributed by atoms with van der Waals surface area (Å²) < 4.78 is 50.9. The zero-order chi connectivity index (χ0) is 21.4. The Labute approximate surface area is 169 Å². The van der Waals surface area contributed by atoms with Crippen molar-refractivity contribution in [2.45, 2.75) is 39.2 Å². The minimum Gasteiger partial charge on any atom is -0.489 e. The van der Waals surface area contributed by atoms with Crippen LogP contribution in [0, 0.1) is 0 Å². The zero-order valence-electron chi connectivity index (χ0n) is 17.0. The van der Waals surface area contributed by atoms with Gasteiger partial charge in [0.05, 0.1) is 18.3 Å². The molecule has 0 heterocycles. The minimum atomic E-state index is -4.42. The molecule has 4 nitrogen and oxygen atoms in total. The summed E-state index contributed by atoms with van der Waals surface area (Å²) in [6.45, 7) is 4.85. The largest absolute Gasteiger partial charge is 0.489 e. The fraction of sp³-hybridized carbons (Fsp3) is 0.455. The van der Waals surface area contributed by atoms with Crippen LogP contribution < -0.4 is 9.64 Å². The average molecular weight is 411 g/mol. The maximum Gasteiger partial charge on any atom is 0.416 e. The number of aryl methyl sites for hydroxylation is 1. The maximum absolute atomic E-state index is 13.3. The number of ether oxygens (including phenoxy) is 2. The standard InChI is InChI=1S/C22H28F3NO3/c1-4-16-7-6-8-21(22(23,24)25)20(16)15-29-18-11-9-17(10-12-18)26(5-2)13-19(14-27)28-3/h6-12,19,27H,4-5,13-15H2,1-3H3. The van der Waals surface area contributed by atoms with E-state index in [1.54, 1.807) is 25.3 Å². The monoisotopic (exact) mass is 411 g/mol. The Balaban J connectivity index is 2.13. The van der Waals surface area contributed by atoms with E-state index in [1.165, 1.54) is 6.07 Å². The van der Waals surface area contributed by atoms with Crippen molar-refractivity contribution in [1.82, 2.24) is 0 Å². The Morgan fingerprint density at radius 3 is 2.28 bits per heavy atom. The molecule has 2 aromatic carbocycles. The van der Waals surface area contributed by atoms with Crippen molar-refractivity contribution >= 4 is 5.69 Å². The molecule has 2 rings (SSSR count). The van der Waals surface area contributed by atoms with Crippen molar-refractivity contribution in [3.63, 3.8) is 0 Å². The molecule has 0 aliphatic rings. The van der Waals surface area contributed by atoms with Crippen molar-refractivity contribution in [2.24, 2.45) is 0 Å². The molecule has 0 spiro atoms. The summed E-state index contributed by atoms with van der Waals surface area (Å²) in [5, 5.41) is 9.31. The van der Waals surface area contributed by atoms with Crippen LogP contribution in [0.5, 0.6) is 5.75 Å². The fourth-order valence-corrected chi connectivity index (χ4v) is 3.18. The lowest BCUT2D eigenvalue weighted by Crippen LogP contribution is -2.35. The van der Waals surface area contributed by atoms with Crippen molar-refractivity contribution < 1.29 is 27.8 Å². The van der Waals surface area contributed by atoms with Gasteiger partial charge in [-0.15, -0.1) is 0 Å². The van der Waals surface area contributed by atoms with E-state index in [-0.39, 0.29) is 24.9 Å². The molecular weight excluding hydrogens is 383 g/mol. The summed E-state index contributed by atoms with van der Waals surface area (Å²) in [6, 6.07) is 11.4. The van der Waals surface area contributed by atoms with Crippen LogP contribution in [-0.4, -0.2) is 38.0 Å². The van der Waals surface area contributed by atoms with Gasteiger partial charge in [-0.1, -0.05) is 19.1 Å². The molecule has 160 valence electrons. The van der Waals surface area contributed by atoms with Gasteiger partial charge in [0.1, 0.15) is 12.4 Å². The van der Waals surface area contributed by atoms with Gasteiger partial charge < -0.3 is 19.5 Å². The van der Waals surface area contributed by atoms with Gasteiger partial charge in [-0.3, -0.25) is 0 Å². The van der Waals surface area contributed by atoms with Gasteiger partial charge in [-0.25, -0.2) is 0 Å². The number of aliphatic hydroxyl groups is 1. The molecule has 1 atom stereocenters. The molecule has 7 heteroatoms. The third kappa shape index (κ3) is 6.11. The highest BCUT2D eigenvalue weighted by Gasteiger charge is 2.34. The van der Waals surface area contributed by atoms with Gasteiger partial charge >= 0.3 is 6.18 Å². The number of benzene rings is 2. The molecule has 0 saturated carbocycles. The summed E-state index contributed by atoms with van der Waals surface area (Å²) in [7, 11) is 1.55. The molecule has 0 radical (unpaired) electrons. The predicted molar refractivity (Wildman–Crippen MR) is 107 cm³/mol. The predicted octanol–water partition coefficient (Wildman–Crippen LogP) is 4.68. The summed E-state index contributed by atoms with van der Waals surface area (Å²) in [4.78, 5) is 2.04. The molecule has 1 unspecified atom stereocenters. The number of likely N-dealkylation sites (N-methyl/N-ethyl adjacent to an activating group) is 1. The molecule has 0 saturated heterocycles. The van der Waals surface area contributed by atoms with Crippen molar-refractivity contribution in [2.75, 3.05) is 31.7 Å². The second-order valence-corrected chi connectivity index (χ2v) is 6.66. The summed E-state index contributed by atoms with van der Waals surface area (Å²) >= 11 is 0. The first kappa shape index (κ1) is 23.0. The normalized spacial score (nSPS) is 12.7. The van der Waals surface area contributed by atoms with E-state index in [4.69, 9.17) is 9.47 Å². The van der Waals surface area contributed by atoms with Crippen LogP contribution in [-0.2, 0) is 23.9 Å². The van der Waals surface area contributed by atoms with Crippen LogP contribution in [0.4, 0.5) is 18.9 Å². The first-order valence-corrected chi connectivity index (χ1v) is 9.63. The van der Waals surface area contributed by atoms with Gasteiger partial charge in [-0.05, 0) is 49.2 Å². The number of aliphatic hydroxyl groups excluding tert-OH is 1. The number of hydrogen-bond donors (Lipinski definition) is 1. The van der Waals surface area contributed by atoms with Gasteiger partial charge in [0.2, 0.25) is 0 Å². The van der Waals surface area contributed by atoms with E-state index in [0.717, 1.165) is 18.3 Å². The van der Waals surface area contributed by atoms with Crippen LogP contribution in [0.2, 0.25) is 0 Å². The molecule has 0 bridgehead atoms. The number of rotatable bonds is 10. The molecule has 29 heavy (non-hydrogen) atoms. The van der Waals surface area contributed by atoms with Crippen LogP contribution in [0.15, 0.2) is 42.5 Å². The number of anilines is 1. The highest BCUT2D eigenvalue weighted by atomic mass is 19.4.